The van der Waals surface area contributed by atoms with Crippen molar-refractivity contribution < 1.29 is 8.42 Å². The van der Waals surface area contributed by atoms with Crippen LogP contribution in [0.4, 0.5) is 0 Å². The van der Waals surface area contributed by atoms with E-state index in [1.807, 2.05) is 24.3 Å². The first-order valence-electron chi connectivity index (χ1n) is 7.56. The van der Waals surface area contributed by atoms with Gasteiger partial charge >= 0.3 is 0 Å². The molecule has 3 aliphatic rings. The maximum atomic E-state index is 12.3. The fraction of sp³-hybridized carbons (Fsp3) is 0.600. The molecule has 0 spiro atoms. The Morgan fingerprint density at radius 1 is 1.14 bits per heavy atom. The van der Waals surface area contributed by atoms with Gasteiger partial charge in [0, 0.05) is 19.1 Å². The number of nitrogens with zero attached hydrogens (tertiary/aromatic N) is 1. The summed E-state index contributed by atoms with van der Waals surface area (Å²) in [6.07, 6.45) is 2.22. The van der Waals surface area contributed by atoms with Crippen LogP contribution in [0.2, 0.25) is 0 Å². The van der Waals surface area contributed by atoms with Crippen molar-refractivity contribution in [2.75, 3.05) is 19.6 Å². The normalized spacial score (nSPS) is 28.7. The van der Waals surface area contributed by atoms with Crippen molar-refractivity contribution in [2.45, 2.75) is 31.2 Å². The van der Waals surface area contributed by atoms with Gasteiger partial charge in [-0.25, -0.2) is 13.1 Å². The molecule has 0 saturated carbocycles. The van der Waals surface area contributed by atoms with Crippen LogP contribution in [0.15, 0.2) is 24.3 Å². The van der Waals surface area contributed by atoms with Crippen LogP contribution < -0.4 is 10.5 Å². The van der Waals surface area contributed by atoms with Gasteiger partial charge in [0.2, 0.25) is 10.0 Å². The van der Waals surface area contributed by atoms with E-state index in [0.717, 1.165) is 43.6 Å². The smallest absolute Gasteiger partial charge is 0.216 e. The fourth-order valence-electron chi connectivity index (χ4n) is 3.36. The summed E-state index contributed by atoms with van der Waals surface area (Å²) in [5.74, 6) is 0.547. The van der Waals surface area contributed by atoms with Crippen LogP contribution >= 0.6 is 0 Å². The van der Waals surface area contributed by atoms with Crippen molar-refractivity contribution in [2.24, 2.45) is 11.7 Å². The Morgan fingerprint density at radius 2 is 1.76 bits per heavy atom. The summed E-state index contributed by atoms with van der Waals surface area (Å²) in [5, 5.41) is 0. The third-order valence-electron chi connectivity index (χ3n) is 4.60. The molecule has 3 fully saturated rings. The maximum absolute atomic E-state index is 12.3. The SMILES string of the molecule is NCc1ccc(CS(=O)(=O)NC2CN3CCC2CC3)cc1. The number of sulfonamides is 1. The summed E-state index contributed by atoms with van der Waals surface area (Å²) in [6.45, 7) is 3.56. The zero-order valence-electron chi connectivity index (χ0n) is 12.2. The number of benzene rings is 1. The molecule has 5 nitrogen and oxygen atoms in total. The first kappa shape index (κ1) is 15.0. The third-order valence-corrected chi connectivity index (χ3v) is 5.98. The number of nitrogens with one attached hydrogen (secondary N) is 1. The van der Waals surface area contributed by atoms with Gasteiger partial charge < -0.3 is 10.6 Å². The molecule has 0 amide bonds. The molecule has 0 aliphatic carbocycles. The number of nitrogens with two attached hydrogens (primary N) is 1. The van der Waals surface area contributed by atoms with Crippen molar-refractivity contribution in [3.05, 3.63) is 35.4 Å². The molecule has 3 heterocycles. The van der Waals surface area contributed by atoms with Crippen LogP contribution in [0, 0.1) is 5.92 Å². The van der Waals surface area contributed by atoms with Crippen LogP contribution in [-0.4, -0.2) is 39.0 Å². The second-order valence-electron chi connectivity index (χ2n) is 6.14. The van der Waals surface area contributed by atoms with Gasteiger partial charge in [-0.3, -0.25) is 0 Å². The molecule has 4 rings (SSSR count). The van der Waals surface area contributed by atoms with Crippen molar-refractivity contribution in [3.8, 4) is 0 Å². The zero-order chi connectivity index (χ0) is 14.9. The molecule has 1 aromatic rings. The molecule has 1 unspecified atom stereocenters. The van der Waals surface area contributed by atoms with Crippen molar-refractivity contribution in [3.63, 3.8) is 0 Å². The number of hydrogen-bond donors (Lipinski definition) is 2. The van der Waals surface area contributed by atoms with Gasteiger partial charge in [0.1, 0.15) is 0 Å². The molecule has 21 heavy (non-hydrogen) atoms. The van der Waals surface area contributed by atoms with E-state index in [0.29, 0.717) is 12.5 Å². The van der Waals surface area contributed by atoms with Crippen LogP contribution in [0.3, 0.4) is 0 Å². The van der Waals surface area contributed by atoms with Crippen LogP contribution in [-0.2, 0) is 22.3 Å². The van der Waals surface area contributed by atoms with Gasteiger partial charge in [0.25, 0.3) is 0 Å². The molecule has 1 atom stereocenters. The monoisotopic (exact) mass is 309 g/mol. The molecular formula is C15H23N3O2S. The van der Waals surface area contributed by atoms with Gasteiger partial charge in [0.05, 0.1) is 5.75 Å². The molecule has 3 N–H and O–H groups in total. The minimum atomic E-state index is -3.28. The van der Waals surface area contributed by atoms with E-state index in [4.69, 9.17) is 5.73 Å². The van der Waals surface area contributed by atoms with Gasteiger partial charge in [-0.1, -0.05) is 24.3 Å². The molecular weight excluding hydrogens is 286 g/mol. The standard InChI is InChI=1S/C15H23N3O2S/c16-9-12-1-3-13(4-2-12)11-21(19,20)17-15-10-18-7-5-14(15)6-8-18/h1-4,14-15,17H,5-11,16H2. The summed E-state index contributed by atoms with van der Waals surface area (Å²) in [4.78, 5) is 2.35. The zero-order valence-corrected chi connectivity index (χ0v) is 13.0. The van der Waals surface area contributed by atoms with Crippen LogP contribution in [0.5, 0.6) is 0 Å². The summed E-state index contributed by atoms with van der Waals surface area (Å²) in [6, 6.07) is 7.55. The Morgan fingerprint density at radius 3 is 2.29 bits per heavy atom. The van der Waals surface area contributed by atoms with E-state index in [-0.39, 0.29) is 11.8 Å². The van der Waals surface area contributed by atoms with Crippen molar-refractivity contribution in [1.29, 1.82) is 0 Å². The second-order valence-corrected chi connectivity index (χ2v) is 7.90. The number of hydrogen-bond acceptors (Lipinski definition) is 4. The molecule has 116 valence electrons. The molecule has 0 radical (unpaired) electrons. The quantitative estimate of drug-likeness (QED) is 0.838. The van der Waals surface area contributed by atoms with E-state index in [9.17, 15) is 8.42 Å². The fourth-order valence-corrected chi connectivity index (χ4v) is 4.80. The minimum absolute atomic E-state index is 0.0427. The minimum Gasteiger partial charge on any atom is -0.326 e. The van der Waals surface area contributed by atoms with Crippen LogP contribution in [0.25, 0.3) is 0 Å². The Kier molecular flexibility index (Phi) is 4.31. The molecule has 0 aromatic heterocycles. The predicted molar refractivity (Wildman–Crippen MR) is 83.0 cm³/mol. The van der Waals surface area contributed by atoms with Crippen molar-refractivity contribution in [1.82, 2.24) is 9.62 Å². The topological polar surface area (TPSA) is 75.4 Å². The Hall–Kier alpha value is -0.950. The Bertz CT molecular complexity index is 577. The van der Waals surface area contributed by atoms with Gasteiger partial charge in [0.15, 0.2) is 0 Å². The molecule has 3 saturated heterocycles. The molecule has 1 aromatic carbocycles. The first-order chi connectivity index (χ1) is 10.1. The van der Waals surface area contributed by atoms with Gasteiger partial charge in [-0.2, -0.15) is 0 Å². The average molecular weight is 309 g/mol. The molecule has 3 aliphatic heterocycles. The number of fused-ring (bicyclic) bond motifs is 3. The van der Waals surface area contributed by atoms with E-state index in [1.165, 1.54) is 0 Å². The number of rotatable bonds is 5. The highest BCUT2D eigenvalue weighted by atomic mass is 32.2. The summed E-state index contributed by atoms with van der Waals surface area (Å²) in [7, 11) is -3.28. The first-order valence-corrected chi connectivity index (χ1v) is 9.21. The summed E-state index contributed by atoms with van der Waals surface area (Å²) >= 11 is 0. The highest BCUT2D eigenvalue weighted by Gasteiger charge is 2.36. The van der Waals surface area contributed by atoms with Gasteiger partial charge in [-0.05, 0) is 43.0 Å². The largest absolute Gasteiger partial charge is 0.326 e. The Balaban J connectivity index is 1.63. The molecule has 2 bridgehead atoms. The lowest BCUT2D eigenvalue weighted by Crippen LogP contribution is -2.57. The van der Waals surface area contributed by atoms with Crippen molar-refractivity contribution >= 4 is 10.0 Å². The molecule has 6 heteroatoms. The second kappa shape index (κ2) is 6.04. The van der Waals surface area contributed by atoms with Crippen LogP contribution in [0.1, 0.15) is 24.0 Å². The lowest BCUT2D eigenvalue weighted by molar-refractivity contribution is 0.0827. The van der Waals surface area contributed by atoms with E-state index < -0.39 is 10.0 Å². The third kappa shape index (κ3) is 3.63. The average Bonchev–Trinajstić information content (AvgIpc) is 2.48. The Labute approximate surface area is 126 Å². The summed E-state index contributed by atoms with van der Waals surface area (Å²) < 4.78 is 27.6. The lowest BCUT2D eigenvalue weighted by Gasteiger charge is -2.44. The maximum Gasteiger partial charge on any atom is 0.216 e. The van der Waals surface area contributed by atoms with E-state index in [2.05, 4.69) is 9.62 Å². The van der Waals surface area contributed by atoms with E-state index >= 15 is 0 Å². The lowest BCUT2D eigenvalue weighted by atomic mass is 9.85. The number of piperidine rings is 3. The highest BCUT2D eigenvalue weighted by molar-refractivity contribution is 7.88. The highest BCUT2D eigenvalue weighted by Crippen LogP contribution is 2.28. The van der Waals surface area contributed by atoms with E-state index in [1.54, 1.807) is 0 Å². The van der Waals surface area contributed by atoms with Gasteiger partial charge in [-0.15, -0.1) is 0 Å². The summed E-state index contributed by atoms with van der Waals surface area (Å²) in [5.41, 5.74) is 7.37. The predicted octanol–water partition coefficient (Wildman–Crippen LogP) is 0.659.